The van der Waals surface area contributed by atoms with Crippen molar-refractivity contribution in [3.63, 3.8) is 0 Å². The molecule has 0 aromatic heterocycles. The quantitative estimate of drug-likeness (QED) is 0.665. The van der Waals surface area contributed by atoms with Crippen LogP contribution in [0.3, 0.4) is 0 Å². The van der Waals surface area contributed by atoms with Crippen molar-refractivity contribution in [2.24, 2.45) is 10.9 Å². The Labute approximate surface area is 124 Å². The summed E-state index contributed by atoms with van der Waals surface area (Å²) in [7, 11) is 2.09. The largest absolute Gasteiger partial charge is 0.357 e. The second-order valence-electron chi connectivity index (χ2n) is 5.12. The molecule has 1 aliphatic carbocycles. The van der Waals surface area contributed by atoms with Crippen molar-refractivity contribution in [1.29, 1.82) is 0 Å². The summed E-state index contributed by atoms with van der Waals surface area (Å²) >= 11 is 3.46. The van der Waals surface area contributed by atoms with E-state index in [0.717, 1.165) is 36.0 Å². The molecule has 0 aliphatic heterocycles. The van der Waals surface area contributed by atoms with Crippen LogP contribution in [0.15, 0.2) is 33.7 Å². The van der Waals surface area contributed by atoms with E-state index in [1.807, 2.05) is 0 Å². The average molecular weight is 324 g/mol. The third kappa shape index (κ3) is 4.86. The Hall–Kier alpha value is -1.03. The number of halogens is 1. The lowest BCUT2D eigenvalue weighted by atomic mass is 10.2. The molecule has 1 saturated carbocycles. The third-order valence-corrected chi connectivity index (χ3v) is 3.75. The van der Waals surface area contributed by atoms with Gasteiger partial charge in [0.2, 0.25) is 0 Å². The number of nitrogens with zero attached hydrogens (tertiary/aromatic N) is 2. The van der Waals surface area contributed by atoms with E-state index in [9.17, 15) is 0 Å². The highest BCUT2D eigenvalue weighted by Gasteiger charge is 2.21. The standard InChI is InChI=1S/C15H22BrN3/c1-3-17-15(18-10-12-4-5-12)19(2)11-13-6-8-14(16)9-7-13/h6-9,12H,3-5,10-11H2,1-2H3,(H,17,18). The fourth-order valence-electron chi connectivity index (χ4n) is 1.92. The molecule has 0 saturated heterocycles. The average Bonchev–Trinajstić information content (AvgIpc) is 3.21. The zero-order chi connectivity index (χ0) is 13.7. The number of guanidine groups is 1. The molecule has 1 fully saturated rings. The SMILES string of the molecule is CCNC(=NCC1CC1)N(C)Cc1ccc(Br)cc1. The maximum atomic E-state index is 4.71. The Morgan fingerprint density at radius 1 is 1.37 bits per heavy atom. The van der Waals surface area contributed by atoms with Gasteiger partial charge in [-0.1, -0.05) is 28.1 Å². The van der Waals surface area contributed by atoms with E-state index >= 15 is 0 Å². The van der Waals surface area contributed by atoms with Gasteiger partial charge in [-0.25, -0.2) is 0 Å². The number of benzene rings is 1. The Morgan fingerprint density at radius 2 is 2.05 bits per heavy atom. The summed E-state index contributed by atoms with van der Waals surface area (Å²) in [6, 6.07) is 8.45. The lowest BCUT2D eigenvalue weighted by Crippen LogP contribution is -2.38. The molecular formula is C15H22BrN3. The predicted molar refractivity (Wildman–Crippen MR) is 84.3 cm³/mol. The van der Waals surface area contributed by atoms with Crippen molar-refractivity contribution in [1.82, 2.24) is 10.2 Å². The highest BCUT2D eigenvalue weighted by Crippen LogP contribution is 2.28. The molecule has 3 nitrogen and oxygen atoms in total. The summed E-state index contributed by atoms with van der Waals surface area (Å²) in [4.78, 5) is 6.90. The van der Waals surface area contributed by atoms with Crippen LogP contribution in [0, 0.1) is 5.92 Å². The summed E-state index contributed by atoms with van der Waals surface area (Å²) in [6.07, 6.45) is 2.69. The van der Waals surface area contributed by atoms with Crippen LogP contribution in [0.4, 0.5) is 0 Å². The van der Waals surface area contributed by atoms with Gasteiger partial charge < -0.3 is 10.2 Å². The third-order valence-electron chi connectivity index (χ3n) is 3.23. The maximum absolute atomic E-state index is 4.71. The van der Waals surface area contributed by atoms with Gasteiger partial charge in [-0.3, -0.25) is 4.99 Å². The van der Waals surface area contributed by atoms with Gasteiger partial charge in [0.1, 0.15) is 0 Å². The van der Waals surface area contributed by atoms with Gasteiger partial charge in [0.25, 0.3) is 0 Å². The molecule has 0 amide bonds. The minimum absolute atomic E-state index is 0.828. The summed E-state index contributed by atoms with van der Waals surface area (Å²) in [5.74, 6) is 1.84. The topological polar surface area (TPSA) is 27.6 Å². The molecule has 0 radical (unpaired) electrons. The van der Waals surface area contributed by atoms with Gasteiger partial charge in [0, 0.05) is 31.2 Å². The fourth-order valence-corrected chi connectivity index (χ4v) is 2.19. The number of hydrogen-bond acceptors (Lipinski definition) is 1. The van der Waals surface area contributed by atoms with Crippen molar-refractivity contribution in [3.8, 4) is 0 Å². The molecule has 19 heavy (non-hydrogen) atoms. The molecule has 2 rings (SSSR count). The van der Waals surface area contributed by atoms with Crippen LogP contribution in [-0.4, -0.2) is 31.0 Å². The Morgan fingerprint density at radius 3 is 2.63 bits per heavy atom. The molecule has 1 N–H and O–H groups in total. The molecular weight excluding hydrogens is 302 g/mol. The summed E-state index contributed by atoms with van der Waals surface area (Å²) in [5.41, 5.74) is 1.29. The number of rotatable bonds is 5. The van der Waals surface area contributed by atoms with Crippen LogP contribution in [0.2, 0.25) is 0 Å². The van der Waals surface area contributed by atoms with Crippen molar-refractivity contribution >= 4 is 21.9 Å². The van der Waals surface area contributed by atoms with E-state index in [1.54, 1.807) is 0 Å². The van der Waals surface area contributed by atoms with Gasteiger partial charge in [-0.05, 0) is 43.4 Å². The van der Waals surface area contributed by atoms with Crippen LogP contribution in [-0.2, 0) is 6.54 Å². The van der Waals surface area contributed by atoms with Crippen molar-refractivity contribution < 1.29 is 0 Å². The van der Waals surface area contributed by atoms with Gasteiger partial charge in [-0.15, -0.1) is 0 Å². The predicted octanol–water partition coefficient (Wildman–Crippen LogP) is 3.26. The number of aliphatic imine (C=N–C) groups is 1. The molecule has 0 spiro atoms. The zero-order valence-corrected chi connectivity index (χ0v) is 13.3. The first-order valence-electron chi connectivity index (χ1n) is 6.93. The molecule has 0 atom stereocenters. The van der Waals surface area contributed by atoms with Crippen LogP contribution in [0.25, 0.3) is 0 Å². The van der Waals surface area contributed by atoms with Crippen LogP contribution in [0.5, 0.6) is 0 Å². The zero-order valence-electron chi connectivity index (χ0n) is 11.7. The molecule has 1 aromatic carbocycles. The highest BCUT2D eigenvalue weighted by molar-refractivity contribution is 9.10. The van der Waals surface area contributed by atoms with E-state index in [4.69, 9.17) is 4.99 Å². The molecule has 1 aliphatic rings. The van der Waals surface area contributed by atoms with Crippen LogP contribution < -0.4 is 5.32 Å². The molecule has 4 heteroatoms. The first kappa shape index (κ1) is 14.4. The Balaban J connectivity index is 1.95. The minimum atomic E-state index is 0.828. The number of hydrogen-bond donors (Lipinski definition) is 1. The first-order chi connectivity index (χ1) is 9.19. The van der Waals surface area contributed by atoms with E-state index < -0.39 is 0 Å². The summed E-state index contributed by atoms with van der Waals surface area (Å²) in [5, 5.41) is 3.36. The Bertz CT molecular complexity index is 424. The summed E-state index contributed by atoms with van der Waals surface area (Å²) in [6.45, 7) is 4.87. The summed E-state index contributed by atoms with van der Waals surface area (Å²) < 4.78 is 1.12. The van der Waals surface area contributed by atoms with Gasteiger partial charge >= 0.3 is 0 Å². The molecule has 1 aromatic rings. The first-order valence-corrected chi connectivity index (χ1v) is 7.72. The van der Waals surface area contributed by atoms with E-state index in [0.29, 0.717) is 0 Å². The van der Waals surface area contributed by atoms with E-state index in [2.05, 4.69) is 64.4 Å². The second kappa shape index (κ2) is 6.94. The van der Waals surface area contributed by atoms with Gasteiger partial charge in [0.15, 0.2) is 5.96 Å². The molecule has 0 heterocycles. The molecule has 104 valence electrons. The second-order valence-corrected chi connectivity index (χ2v) is 6.04. The van der Waals surface area contributed by atoms with Crippen molar-refractivity contribution in [2.45, 2.75) is 26.3 Å². The lowest BCUT2D eigenvalue weighted by molar-refractivity contribution is 0.476. The van der Waals surface area contributed by atoms with Gasteiger partial charge in [0.05, 0.1) is 0 Å². The van der Waals surface area contributed by atoms with Gasteiger partial charge in [-0.2, -0.15) is 0 Å². The van der Waals surface area contributed by atoms with Crippen LogP contribution in [0.1, 0.15) is 25.3 Å². The monoisotopic (exact) mass is 323 g/mol. The maximum Gasteiger partial charge on any atom is 0.193 e. The van der Waals surface area contributed by atoms with E-state index in [1.165, 1.54) is 18.4 Å². The van der Waals surface area contributed by atoms with Crippen molar-refractivity contribution in [3.05, 3.63) is 34.3 Å². The Kier molecular flexibility index (Phi) is 5.25. The molecule has 0 bridgehead atoms. The highest BCUT2D eigenvalue weighted by atomic mass is 79.9. The minimum Gasteiger partial charge on any atom is -0.357 e. The molecule has 0 unspecified atom stereocenters. The van der Waals surface area contributed by atoms with Crippen molar-refractivity contribution in [2.75, 3.05) is 20.1 Å². The fraction of sp³-hybridized carbons (Fsp3) is 0.533. The normalized spacial score (nSPS) is 15.4. The lowest BCUT2D eigenvalue weighted by Gasteiger charge is -2.22. The smallest absolute Gasteiger partial charge is 0.193 e. The van der Waals surface area contributed by atoms with E-state index in [-0.39, 0.29) is 0 Å². The number of nitrogens with one attached hydrogen (secondary N) is 1. The van der Waals surface area contributed by atoms with Crippen LogP contribution >= 0.6 is 15.9 Å².